The van der Waals surface area contributed by atoms with Gasteiger partial charge in [0.1, 0.15) is 11.8 Å². The molecule has 1 atom stereocenters. The molecule has 0 aliphatic carbocycles. The zero-order chi connectivity index (χ0) is 21.4. The minimum absolute atomic E-state index is 0.0923. The summed E-state index contributed by atoms with van der Waals surface area (Å²) in [6, 6.07) is 14.6. The van der Waals surface area contributed by atoms with Crippen molar-refractivity contribution >= 4 is 27.7 Å². The summed E-state index contributed by atoms with van der Waals surface area (Å²) in [5.41, 5.74) is 1.85. The number of nitrogens with zero attached hydrogens (tertiary/aromatic N) is 1. The number of rotatable bonds is 9. The summed E-state index contributed by atoms with van der Waals surface area (Å²) in [6.45, 7) is 6.82. The van der Waals surface area contributed by atoms with Gasteiger partial charge in [-0.1, -0.05) is 54.0 Å². The third kappa shape index (κ3) is 7.20. The van der Waals surface area contributed by atoms with Crippen molar-refractivity contribution in [3.05, 3.63) is 64.1 Å². The highest BCUT2D eigenvalue weighted by atomic mass is 79.9. The minimum atomic E-state index is -0.567. The molecule has 156 valence electrons. The van der Waals surface area contributed by atoms with Gasteiger partial charge in [0.2, 0.25) is 11.8 Å². The number of methoxy groups -OCH3 is 1. The molecule has 2 aromatic carbocycles. The Morgan fingerprint density at radius 2 is 1.59 bits per heavy atom. The van der Waals surface area contributed by atoms with Crippen LogP contribution in [0.4, 0.5) is 0 Å². The van der Waals surface area contributed by atoms with E-state index in [1.54, 1.807) is 18.9 Å². The first-order chi connectivity index (χ1) is 13.8. The number of benzene rings is 2. The van der Waals surface area contributed by atoms with Gasteiger partial charge >= 0.3 is 0 Å². The van der Waals surface area contributed by atoms with Gasteiger partial charge in [-0.2, -0.15) is 0 Å². The summed E-state index contributed by atoms with van der Waals surface area (Å²) in [7, 11) is 1.61. The van der Waals surface area contributed by atoms with Gasteiger partial charge in [-0.15, -0.1) is 0 Å². The molecule has 0 radical (unpaired) electrons. The predicted octanol–water partition coefficient (Wildman–Crippen LogP) is 4.19. The fraction of sp³-hybridized carbons (Fsp3) is 0.391. The largest absolute Gasteiger partial charge is 0.497 e. The molecule has 0 unspecified atom stereocenters. The zero-order valence-electron chi connectivity index (χ0n) is 17.4. The number of halogens is 1. The second-order valence-corrected chi connectivity index (χ2v) is 8.40. The normalized spacial score (nSPS) is 11.8. The number of nitrogens with one attached hydrogen (secondary N) is 1. The van der Waals surface area contributed by atoms with E-state index in [0.717, 1.165) is 21.3 Å². The molecular weight excluding hydrogens is 432 g/mol. The van der Waals surface area contributed by atoms with Gasteiger partial charge in [0.15, 0.2) is 0 Å². The van der Waals surface area contributed by atoms with Crippen molar-refractivity contribution in [3.63, 3.8) is 0 Å². The smallest absolute Gasteiger partial charge is 0.242 e. The summed E-state index contributed by atoms with van der Waals surface area (Å²) in [4.78, 5) is 27.4. The Labute approximate surface area is 181 Å². The Bertz CT molecular complexity index is 804. The van der Waals surface area contributed by atoms with Crippen molar-refractivity contribution < 1.29 is 14.3 Å². The summed E-state index contributed by atoms with van der Waals surface area (Å²) in [6.07, 6.45) is 0.225. The van der Waals surface area contributed by atoms with E-state index < -0.39 is 6.04 Å². The molecule has 0 heterocycles. The first-order valence-corrected chi connectivity index (χ1v) is 10.5. The molecule has 1 N–H and O–H groups in total. The number of hydrogen-bond acceptors (Lipinski definition) is 3. The van der Waals surface area contributed by atoms with Crippen LogP contribution in [0.2, 0.25) is 0 Å². The molecule has 0 saturated heterocycles. The van der Waals surface area contributed by atoms with Gasteiger partial charge in [-0.25, -0.2) is 0 Å². The van der Waals surface area contributed by atoms with E-state index in [9.17, 15) is 9.59 Å². The SMILES string of the molecule is COc1ccc(CC(=O)N(Cc2ccc(Br)cc2)[C@H](C)C(=O)NCC(C)C)cc1. The van der Waals surface area contributed by atoms with Crippen LogP contribution in [0.15, 0.2) is 53.0 Å². The molecule has 0 aromatic heterocycles. The highest BCUT2D eigenvalue weighted by Gasteiger charge is 2.26. The highest BCUT2D eigenvalue weighted by molar-refractivity contribution is 9.10. The lowest BCUT2D eigenvalue weighted by molar-refractivity contribution is -0.140. The molecule has 0 fully saturated rings. The maximum Gasteiger partial charge on any atom is 0.242 e. The van der Waals surface area contributed by atoms with Gasteiger partial charge in [0.05, 0.1) is 13.5 Å². The number of carbonyl (C=O) groups is 2. The van der Waals surface area contributed by atoms with E-state index in [-0.39, 0.29) is 18.2 Å². The van der Waals surface area contributed by atoms with E-state index in [1.165, 1.54) is 0 Å². The Morgan fingerprint density at radius 1 is 1.00 bits per heavy atom. The van der Waals surface area contributed by atoms with Crippen LogP contribution in [0.5, 0.6) is 5.75 Å². The third-order valence-electron chi connectivity index (χ3n) is 4.63. The average molecular weight is 461 g/mol. The van der Waals surface area contributed by atoms with Crippen molar-refractivity contribution in [2.75, 3.05) is 13.7 Å². The maximum atomic E-state index is 13.1. The van der Waals surface area contributed by atoms with E-state index in [1.807, 2.05) is 62.4 Å². The van der Waals surface area contributed by atoms with Crippen molar-refractivity contribution in [1.82, 2.24) is 10.2 Å². The fourth-order valence-corrected chi connectivity index (χ4v) is 3.11. The van der Waals surface area contributed by atoms with Gasteiger partial charge in [0.25, 0.3) is 0 Å². The molecular formula is C23H29BrN2O3. The lowest BCUT2D eigenvalue weighted by Crippen LogP contribution is -2.48. The summed E-state index contributed by atoms with van der Waals surface area (Å²) in [5.74, 6) is 0.861. The second kappa shape index (κ2) is 11.0. The topological polar surface area (TPSA) is 58.6 Å². The Kier molecular flexibility index (Phi) is 8.70. The molecule has 6 heteroatoms. The molecule has 2 amide bonds. The van der Waals surface area contributed by atoms with E-state index in [4.69, 9.17) is 4.74 Å². The van der Waals surface area contributed by atoms with Gasteiger partial charge < -0.3 is 15.0 Å². The van der Waals surface area contributed by atoms with Gasteiger partial charge in [-0.3, -0.25) is 9.59 Å². The number of amides is 2. The van der Waals surface area contributed by atoms with Crippen LogP contribution in [0, 0.1) is 5.92 Å². The summed E-state index contributed by atoms with van der Waals surface area (Å²) < 4.78 is 6.15. The molecule has 2 rings (SSSR count). The lowest BCUT2D eigenvalue weighted by atomic mass is 10.1. The quantitative estimate of drug-likeness (QED) is 0.610. The lowest BCUT2D eigenvalue weighted by Gasteiger charge is -2.29. The second-order valence-electron chi connectivity index (χ2n) is 7.49. The summed E-state index contributed by atoms with van der Waals surface area (Å²) in [5, 5.41) is 2.93. The van der Waals surface area contributed by atoms with Crippen LogP contribution in [-0.2, 0) is 22.6 Å². The molecule has 2 aromatic rings. The number of ether oxygens (including phenoxy) is 1. The zero-order valence-corrected chi connectivity index (χ0v) is 19.0. The van der Waals surface area contributed by atoms with Crippen molar-refractivity contribution in [3.8, 4) is 5.75 Å². The van der Waals surface area contributed by atoms with E-state index in [2.05, 4.69) is 21.2 Å². The maximum absolute atomic E-state index is 13.1. The number of hydrogen-bond donors (Lipinski definition) is 1. The molecule has 0 saturated carbocycles. The molecule has 0 spiro atoms. The van der Waals surface area contributed by atoms with Crippen LogP contribution in [0.3, 0.4) is 0 Å². The Hall–Kier alpha value is -2.34. The Morgan fingerprint density at radius 3 is 2.14 bits per heavy atom. The monoisotopic (exact) mass is 460 g/mol. The minimum Gasteiger partial charge on any atom is -0.497 e. The van der Waals surface area contributed by atoms with E-state index >= 15 is 0 Å². The van der Waals surface area contributed by atoms with Crippen molar-refractivity contribution in [2.24, 2.45) is 5.92 Å². The standard InChI is InChI=1S/C23H29BrN2O3/c1-16(2)14-25-23(28)17(3)26(15-19-5-9-20(24)10-6-19)22(27)13-18-7-11-21(29-4)12-8-18/h5-12,16-17H,13-15H2,1-4H3,(H,25,28)/t17-/m1/s1. The van der Waals surface area contributed by atoms with Gasteiger partial charge in [0, 0.05) is 17.6 Å². The first-order valence-electron chi connectivity index (χ1n) is 9.74. The van der Waals surface area contributed by atoms with Gasteiger partial charge in [-0.05, 0) is 48.2 Å². The average Bonchev–Trinajstić information content (AvgIpc) is 2.71. The highest BCUT2D eigenvalue weighted by Crippen LogP contribution is 2.17. The summed E-state index contributed by atoms with van der Waals surface area (Å²) >= 11 is 3.43. The molecule has 5 nitrogen and oxygen atoms in total. The predicted molar refractivity (Wildman–Crippen MR) is 119 cm³/mol. The van der Waals surface area contributed by atoms with E-state index in [0.29, 0.717) is 19.0 Å². The molecule has 29 heavy (non-hydrogen) atoms. The molecule has 0 aliphatic rings. The molecule has 0 bridgehead atoms. The fourth-order valence-electron chi connectivity index (χ4n) is 2.84. The van der Waals surface area contributed by atoms with Crippen LogP contribution >= 0.6 is 15.9 Å². The van der Waals surface area contributed by atoms with Crippen molar-refractivity contribution in [1.29, 1.82) is 0 Å². The molecule has 0 aliphatic heterocycles. The van der Waals surface area contributed by atoms with Crippen LogP contribution in [0.1, 0.15) is 31.9 Å². The Balaban J connectivity index is 2.18. The van der Waals surface area contributed by atoms with Crippen molar-refractivity contribution in [2.45, 2.75) is 39.8 Å². The van der Waals surface area contributed by atoms with Crippen LogP contribution < -0.4 is 10.1 Å². The number of carbonyl (C=O) groups excluding carboxylic acids is 2. The van der Waals surface area contributed by atoms with Crippen LogP contribution in [0.25, 0.3) is 0 Å². The first kappa shape index (κ1) is 22.9. The van der Waals surface area contributed by atoms with Crippen LogP contribution in [-0.4, -0.2) is 36.4 Å². The third-order valence-corrected chi connectivity index (χ3v) is 5.16.